The Kier molecular flexibility index (Phi) is 9.48. The Hall–Kier alpha value is -4.94. The molecule has 258 valence electrons. The van der Waals surface area contributed by atoms with Crippen LogP contribution in [0.2, 0.25) is 0 Å². The lowest BCUT2D eigenvalue weighted by Crippen LogP contribution is -2.43. The van der Waals surface area contributed by atoms with Crippen molar-refractivity contribution in [3.05, 3.63) is 91.0 Å². The average molecular weight is 690 g/mol. The number of thioether (sulfide) groups is 1. The molecular weight excluding hydrogens is 647 g/mol. The summed E-state index contributed by atoms with van der Waals surface area (Å²) < 4.78 is 6.87. The van der Waals surface area contributed by atoms with Crippen LogP contribution >= 0.6 is 11.8 Å². The van der Waals surface area contributed by atoms with Gasteiger partial charge in [-0.25, -0.2) is 9.97 Å². The first-order chi connectivity index (χ1) is 24.2. The number of aryl methyl sites for hydroxylation is 1. The highest BCUT2D eigenvalue weighted by Crippen LogP contribution is 2.37. The first kappa shape index (κ1) is 33.6. The van der Waals surface area contributed by atoms with Gasteiger partial charge in [-0.05, 0) is 68.3 Å². The van der Waals surface area contributed by atoms with Crippen molar-refractivity contribution in [3.63, 3.8) is 0 Å². The van der Waals surface area contributed by atoms with Crippen molar-refractivity contribution in [3.8, 4) is 28.5 Å². The molecule has 0 bridgehead atoms. The molecule has 0 spiro atoms. The van der Waals surface area contributed by atoms with E-state index < -0.39 is 4.75 Å². The number of benzene rings is 2. The summed E-state index contributed by atoms with van der Waals surface area (Å²) >= 11 is 1.63. The van der Waals surface area contributed by atoms with Gasteiger partial charge in [0.05, 0.1) is 11.6 Å². The molecule has 7 rings (SSSR count). The first-order valence-electron chi connectivity index (χ1n) is 17.0. The largest absolute Gasteiger partial charge is 0.475 e. The second-order valence-electron chi connectivity index (χ2n) is 13.3. The van der Waals surface area contributed by atoms with Crippen LogP contribution in [0.4, 0.5) is 5.69 Å². The van der Waals surface area contributed by atoms with Crippen LogP contribution in [0.5, 0.6) is 5.88 Å². The summed E-state index contributed by atoms with van der Waals surface area (Å²) in [6.07, 6.45) is 9.60. The molecule has 2 aromatic carbocycles. The third-order valence-corrected chi connectivity index (χ3v) is 10.8. The number of fused-ring (bicyclic) bond motifs is 1. The topological polar surface area (TPSA) is 117 Å². The highest BCUT2D eigenvalue weighted by molar-refractivity contribution is 8.00. The fourth-order valence-electron chi connectivity index (χ4n) is 6.71. The minimum atomic E-state index is -0.545. The van der Waals surface area contributed by atoms with Crippen molar-refractivity contribution in [2.45, 2.75) is 37.5 Å². The Balaban J connectivity index is 0.955. The first-order valence-corrected chi connectivity index (χ1v) is 18.2. The van der Waals surface area contributed by atoms with Gasteiger partial charge in [0.15, 0.2) is 5.82 Å². The number of aromatic nitrogens is 6. The average Bonchev–Trinajstić information content (AvgIpc) is 3.87. The number of rotatable bonds is 11. The third-order valence-electron chi connectivity index (χ3n) is 9.48. The maximum atomic E-state index is 13.9. The van der Waals surface area contributed by atoms with Crippen LogP contribution in [-0.2, 0) is 11.8 Å². The Morgan fingerprint density at radius 1 is 1.08 bits per heavy atom. The van der Waals surface area contributed by atoms with E-state index >= 15 is 0 Å². The molecule has 0 aliphatic carbocycles. The second kappa shape index (κ2) is 14.1. The smallest absolute Gasteiger partial charge is 0.241 e. The molecule has 3 aromatic heterocycles. The summed E-state index contributed by atoms with van der Waals surface area (Å²) in [4.78, 5) is 27.4. The summed E-state index contributed by atoms with van der Waals surface area (Å²) in [6, 6.07) is 18.2. The van der Waals surface area contributed by atoms with E-state index in [1.165, 1.54) is 11.1 Å². The van der Waals surface area contributed by atoms with Gasteiger partial charge in [-0.15, -0.1) is 11.8 Å². The van der Waals surface area contributed by atoms with Crippen LogP contribution in [0, 0.1) is 0 Å². The zero-order valence-corrected chi connectivity index (χ0v) is 29.8. The number of anilines is 1. The number of hydrogen-bond donors (Lipinski definition) is 2. The molecule has 2 aliphatic rings. The summed E-state index contributed by atoms with van der Waals surface area (Å²) in [5.41, 5.74) is 7.97. The summed E-state index contributed by atoms with van der Waals surface area (Å²) in [6.45, 7) is 12.4. The van der Waals surface area contributed by atoms with Gasteiger partial charge < -0.3 is 15.0 Å². The van der Waals surface area contributed by atoms with E-state index in [1.54, 1.807) is 29.0 Å². The van der Waals surface area contributed by atoms with Crippen molar-refractivity contribution in [2.75, 3.05) is 44.3 Å². The van der Waals surface area contributed by atoms with Crippen molar-refractivity contribution >= 4 is 39.8 Å². The molecule has 0 unspecified atom stereocenters. The van der Waals surface area contributed by atoms with E-state index in [-0.39, 0.29) is 12.0 Å². The number of aromatic amines is 1. The van der Waals surface area contributed by atoms with E-state index in [9.17, 15) is 4.79 Å². The van der Waals surface area contributed by atoms with Crippen molar-refractivity contribution in [2.24, 2.45) is 7.05 Å². The zero-order valence-electron chi connectivity index (χ0n) is 29.0. The normalized spacial score (nSPS) is 18.1. The van der Waals surface area contributed by atoms with Crippen molar-refractivity contribution in [1.82, 2.24) is 39.7 Å². The molecule has 12 heteroatoms. The molecule has 2 N–H and O–H groups in total. The lowest BCUT2D eigenvalue weighted by atomic mass is 9.98. The molecule has 5 aromatic rings. The van der Waals surface area contributed by atoms with Crippen LogP contribution < -0.4 is 10.1 Å². The van der Waals surface area contributed by atoms with Gasteiger partial charge in [-0.3, -0.25) is 19.5 Å². The van der Waals surface area contributed by atoms with Crippen molar-refractivity contribution < 1.29 is 9.53 Å². The quantitative estimate of drug-likeness (QED) is 0.166. The molecule has 0 radical (unpaired) electrons. The molecule has 0 saturated carbocycles. The van der Waals surface area contributed by atoms with Gasteiger partial charge in [0.2, 0.25) is 11.8 Å². The van der Waals surface area contributed by atoms with Gasteiger partial charge in [0, 0.05) is 79.9 Å². The Bertz CT molecular complexity index is 2030. The number of carbonyl (C=O) groups is 1. The predicted octanol–water partition coefficient (Wildman–Crippen LogP) is 6.26. The number of pyridine rings is 1. The van der Waals surface area contributed by atoms with Gasteiger partial charge in [0.1, 0.15) is 16.8 Å². The van der Waals surface area contributed by atoms with Crippen LogP contribution in [0.1, 0.15) is 32.3 Å². The van der Waals surface area contributed by atoms with Crippen LogP contribution in [0.3, 0.4) is 0 Å². The molecule has 50 heavy (non-hydrogen) atoms. The van der Waals surface area contributed by atoms with Crippen LogP contribution in [-0.4, -0.2) is 95.5 Å². The van der Waals surface area contributed by atoms with Gasteiger partial charge >= 0.3 is 0 Å². The predicted molar refractivity (Wildman–Crippen MR) is 201 cm³/mol. The number of ether oxygens (including phenoxy) is 1. The number of H-pyrrole nitrogens is 1. The molecule has 11 nitrogen and oxygen atoms in total. The van der Waals surface area contributed by atoms with E-state index in [1.807, 2.05) is 57.5 Å². The van der Waals surface area contributed by atoms with E-state index in [0.717, 1.165) is 84.0 Å². The lowest BCUT2D eigenvalue weighted by Gasteiger charge is -2.33. The number of carbonyl (C=O) groups excluding carboxylic acids is 1. The van der Waals surface area contributed by atoms with Gasteiger partial charge in [0.25, 0.3) is 0 Å². The highest BCUT2D eigenvalue weighted by Gasteiger charge is 2.44. The van der Waals surface area contributed by atoms with E-state index in [2.05, 4.69) is 77.3 Å². The summed E-state index contributed by atoms with van der Waals surface area (Å²) in [5, 5.41) is 16.2. The Morgan fingerprint density at radius 2 is 1.88 bits per heavy atom. The van der Waals surface area contributed by atoms with Gasteiger partial charge in [-0.2, -0.15) is 10.2 Å². The Morgan fingerprint density at radius 3 is 2.56 bits per heavy atom. The number of amides is 1. The number of hydrogen-bond acceptors (Lipinski definition) is 9. The van der Waals surface area contributed by atoms with Crippen LogP contribution in [0.25, 0.3) is 39.1 Å². The molecule has 2 aliphatic heterocycles. The molecule has 1 amide bonds. The number of nitrogens with one attached hydrogen (secondary N) is 2. The highest BCUT2D eigenvalue weighted by atomic mass is 32.2. The minimum Gasteiger partial charge on any atom is -0.475 e. The van der Waals surface area contributed by atoms with Crippen molar-refractivity contribution in [1.29, 1.82) is 0 Å². The lowest BCUT2D eigenvalue weighted by molar-refractivity contribution is -0.118. The summed E-state index contributed by atoms with van der Waals surface area (Å²) in [5.74, 6) is 1.34. The SMILES string of the molecule is C=C(CN1CC[C@@](SC)(C(=O)Nc2ccc3[nH]nc(-c4ccc(OC(C)C)nc4)c3c2)C1)N1CC=C(c2ccc(-c3ncn(C)n3)cc2)CC1. The van der Waals surface area contributed by atoms with E-state index in [4.69, 9.17) is 4.74 Å². The Labute approximate surface area is 296 Å². The second-order valence-corrected chi connectivity index (χ2v) is 14.5. The molecule has 1 saturated heterocycles. The maximum Gasteiger partial charge on any atom is 0.241 e. The third kappa shape index (κ3) is 7.03. The standard InChI is InChI=1S/C38H43N9O2S/c1-25(2)49-34-13-10-30(21-39-34)35-32-20-31(11-12-33(32)42-43-35)41-37(48)38(50-5)16-19-46(23-38)22-26(3)47-17-14-28(15-18-47)27-6-8-29(9-7-27)36-40-24-45(4)44-36/h6-14,20-21,24-25H,3,15-19,22-23H2,1-2,4-5H3,(H,41,48)(H,42,43)/t38-/m0/s1. The van der Waals surface area contributed by atoms with Gasteiger partial charge in [-0.1, -0.05) is 36.9 Å². The number of likely N-dealkylation sites (tertiary alicyclic amines) is 1. The molecule has 1 atom stereocenters. The summed E-state index contributed by atoms with van der Waals surface area (Å²) in [7, 11) is 1.88. The molecule has 1 fully saturated rings. The van der Waals surface area contributed by atoms with E-state index in [0.29, 0.717) is 12.4 Å². The monoisotopic (exact) mass is 689 g/mol. The maximum absolute atomic E-state index is 13.9. The fourth-order valence-corrected chi connectivity index (χ4v) is 7.55. The molecular formula is C38H43N9O2S. The number of nitrogens with zero attached hydrogens (tertiary/aromatic N) is 7. The minimum absolute atomic E-state index is 0.0229. The molecule has 5 heterocycles. The zero-order chi connectivity index (χ0) is 34.8. The van der Waals surface area contributed by atoms with Crippen LogP contribution in [0.15, 0.2) is 85.5 Å². The fraction of sp³-hybridized carbons (Fsp3) is 0.342.